The maximum Gasteiger partial charge on any atom is 0.259 e. The van der Waals surface area contributed by atoms with Crippen LogP contribution in [0.25, 0.3) is 0 Å². The molecule has 0 N–H and O–H groups in total. The Morgan fingerprint density at radius 2 is 1.74 bits per heavy atom. The largest absolute Gasteiger partial charge is 0.491 e. The molecule has 8 heteroatoms. The molecule has 4 rings (SSSR count). The third-order valence-electron chi connectivity index (χ3n) is 5.82. The highest BCUT2D eigenvalue weighted by Gasteiger charge is 2.34. The van der Waals surface area contributed by atoms with Crippen molar-refractivity contribution in [2.24, 2.45) is 0 Å². The number of piperazine rings is 1. The van der Waals surface area contributed by atoms with E-state index in [9.17, 15) is 9.59 Å². The second-order valence-electron chi connectivity index (χ2n) is 8.81. The normalized spacial score (nSPS) is 15.7. The second kappa shape index (κ2) is 10.5. The number of amides is 2. The molecule has 0 unspecified atom stereocenters. The molecule has 0 radical (unpaired) electrons. The van der Waals surface area contributed by atoms with Gasteiger partial charge in [-0.3, -0.25) is 14.6 Å². The van der Waals surface area contributed by atoms with Gasteiger partial charge in [-0.05, 0) is 62.7 Å². The monoisotopic (exact) mass is 474 g/mol. The first-order chi connectivity index (χ1) is 16.8. The number of benzene rings is 1. The Bertz CT molecular complexity index is 1180. The van der Waals surface area contributed by atoms with E-state index in [2.05, 4.69) is 9.97 Å². The van der Waals surface area contributed by atoms with Crippen LogP contribution in [0.2, 0.25) is 0 Å². The Hall–Kier alpha value is -3.94. The first-order valence-corrected chi connectivity index (χ1v) is 11.7. The van der Waals surface area contributed by atoms with Crippen LogP contribution in [-0.4, -0.2) is 57.3 Å². The fraction of sp³-hybridized carbons (Fsp3) is 0.333. The van der Waals surface area contributed by atoms with E-state index in [4.69, 9.17) is 9.47 Å². The Morgan fingerprint density at radius 1 is 1.00 bits per heavy atom. The molecule has 0 spiro atoms. The molecule has 0 saturated carbocycles. The van der Waals surface area contributed by atoms with E-state index in [1.807, 2.05) is 51.1 Å². The fourth-order valence-corrected chi connectivity index (χ4v) is 4.05. The molecule has 1 aliphatic rings. The van der Waals surface area contributed by atoms with Gasteiger partial charge >= 0.3 is 0 Å². The highest BCUT2D eigenvalue weighted by atomic mass is 16.5. The van der Waals surface area contributed by atoms with Crippen LogP contribution in [0.4, 0.5) is 0 Å². The number of nitrogens with zero attached hydrogens (tertiary/aromatic N) is 4. The van der Waals surface area contributed by atoms with Crippen LogP contribution in [0.5, 0.6) is 17.4 Å². The van der Waals surface area contributed by atoms with Gasteiger partial charge in [-0.2, -0.15) is 0 Å². The Morgan fingerprint density at radius 3 is 2.40 bits per heavy atom. The van der Waals surface area contributed by atoms with Crippen molar-refractivity contribution in [2.75, 3.05) is 19.6 Å². The summed E-state index contributed by atoms with van der Waals surface area (Å²) in [6.45, 7) is 8.65. The lowest BCUT2D eigenvalue weighted by Crippen LogP contribution is -2.51. The lowest BCUT2D eigenvalue weighted by molar-refractivity contribution is -0.131. The van der Waals surface area contributed by atoms with Crippen molar-refractivity contribution < 1.29 is 19.1 Å². The van der Waals surface area contributed by atoms with E-state index in [-0.39, 0.29) is 29.8 Å². The van der Waals surface area contributed by atoms with Gasteiger partial charge in [0.2, 0.25) is 11.8 Å². The molecule has 2 aromatic heterocycles. The van der Waals surface area contributed by atoms with E-state index in [1.54, 1.807) is 47.3 Å². The predicted octanol–water partition coefficient (Wildman–Crippen LogP) is 4.41. The van der Waals surface area contributed by atoms with Gasteiger partial charge in [-0.1, -0.05) is 12.1 Å². The molecule has 1 aromatic carbocycles. The molecule has 1 fully saturated rings. The summed E-state index contributed by atoms with van der Waals surface area (Å²) in [4.78, 5) is 38.1. The average Bonchev–Trinajstić information content (AvgIpc) is 2.85. The number of aryl methyl sites for hydroxylation is 1. The number of rotatable bonds is 6. The number of pyridine rings is 2. The van der Waals surface area contributed by atoms with Crippen molar-refractivity contribution in [3.05, 3.63) is 77.7 Å². The van der Waals surface area contributed by atoms with Crippen LogP contribution >= 0.6 is 0 Å². The van der Waals surface area contributed by atoms with E-state index < -0.39 is 0 Å². The first kappa shape index (κ1) is 24.2. The van der Waals surface area contributed by atoms with Gasteiger partial charge in [-0.15, -0.1) is 0 Å². The molecule has 1 atom stereocenters. The van der Waals surface area contributed by atoms with Crippen LogP contribution in [0.3, 0.4) is 0 Å². The summed E-state index contributed by atoms with van der Waals surface area (Å²) < 4.78 is 11.7. The van der Waals surface area contributed by atoms with E-state index >= 15 is 0 Å². The summed E-state index contributed by atoms with van der Waals surface area (Å²) in [6.07, 6.45) is 3.26. The quantitative estimate of drug-likeness (QED) is 0.526. The highest BCUT2D eigenvalue weighted by molar-refractivity contribution is 5.97. The fourth-order valence-electron chi connectivity index (χ4n) is 4.05. The Balaban J connectivity index is 1.63. The van der Waals surface area contributed by atoms with Crippen molar-refractivity contribution in [3.63, 3.8) is 0 Å². The minimum atomic E-state index is -0.317. The average molecular weight is 475 g/mol. The molecule has 0 bridgehead atoms. The molecule has 2 amide bonds. The molecular weight excluding hydrogens is 444 g/mol. The van der Waals surface area contributed by atoms with Crippen LogP contribution in [0.1, 0.15) is 48.4 Å². The number of carbonyl (C=O) groups is 2. The number of ether oxygens (including phenoxy) is 2. The number of hydrogen-bond donors (Lipinski definition) is 0. The van der Waals surface area contributed by atoms with Crippen molar-refractivity contribution in [3.8, 4) is 17.4 Å². The molecule has 3 aromatic rings. The lowest BCUT2D eigenvalue weighted by Gasteiger charge is -2.41. The molecule has 35 heavy (non-hydrogen) atoms. The summed E-state index contributed by atoms with van der Waals surface area (Å²) in [5.74, 6) is 1.26. The van der Waals surface area contributed by atoms with Crippen LogP contribution in [0.15, 0.2) is 60.9 Å². The van der Waals surface area contributed by atoms with Crippen LogP contribution in [0, 0.1) is 6.92 Å². The lowest BCUT2D eigenvalue weighted by atomic mass is 10.0. The molecule has 182 valence electrons. The number of carbonyl (C=O) groups excluding carboxylic acids is 2. The standard InChI is InChI=1S/C27H30N4O4/c1-18(2)34-22-11-8-21(9-12-22)25-17-30(20(4)32)14-15-31(25)27(33)24-6-5-13-28-26(24)35-23-10-7-19(3)29-16-23/h5-13,16,18,25H,14-15,17H2,1-4H3/t25-/m1/s1. The molecule has 0 aliphatic carbocycles. The van der Waals surface area contributed by atoms with Gasteiger partial charge in [0.15, 0.2) is 0 Å². The minimum absolute atomic E-state index is 0.0147. The topological polar surface area (TPSA) is 84.9 Å². The molecular formula is C27H30N4O4. The van der Waals surface area contributed by atoms with Gasteiger partial charge in [0.1, 0.15) is 17.1 Å². The van der Waals surface area contributed by atoms with E-state index in [1.165, 1.54) is 0 Å². The van der Waals surface area contributed by atoms with Crippen LogP contribution in [-0.2, 0) is 4.79 Å². The second-order valence-corrected chi connectivity index (χ2v) is 8.81. The summed E-state index contributed by atoms with van der Waals surface area (Å²) in [5, 5.41) is 0. The zero-order valence-electron chi connectivity index (χ0n) is 20.5. The van der Waals surface area contributed by atoms with E-state index in [0.717, 1.165) is 17.0 Å². The van der Waals surface area contributed by atoms with Gasteiger partial charge in [0.25, 0.3) is 5.91 Å². The maximum absolute atomic E-state index is 13.8. The first-order valence-electron chi connectivity index (χ1n) is 11.7. The number of aromatic nitrogens is 2. The summed E-state index contributed by atoms with van der Waals surface area (Å²) in [5.41, 5.74) is 2.15. The number of hydrogen-bond acceptors (Lipinski definition) is 6. The molecule has 1 saturated heterocycles. The van der Waals surface area contributed by atoms with Crippen molar-refractivity contribution in [1.29, 1.82) is 0 Å². The highest BCUT2D eigenvalue weighted by Crippen LogP contribution is 2.31. The van der Waals surface area contributed by atoms with E-state index in [0.29, 0.717) is 30.9 Å². The molecule has 1 aliphatic heterocycles. The van der Waals surface area contributed by atoms with Gasteiger partial charge < -0.3 is 19.3 Å². The summed E-state index contributed by atoms with van der Waals surface area (Å²) >= 11 is 0. The van der Waals surface area contributed by atoms with Crippen molar-refractivity contribution in [1.82, 2.24) is 19.8 Å². The Labute approximate surface area is 205 Å². The zero-order valence-corrected chi connectivity index (χ0v) is 20.5. The summed E-state index contributed by atoms with van der Waals surface area (Å²) in [6, 6.07) is 14.4. The SMILES string of the molecule is CC(=O)N1CCN(C(=O)c2cccnc2Oc2ccc(C)nc2)[C@@H](c2ccc(OC(C)C)cc2)C1. The third kappa shape index (κ3) is 5.77. The van der Waals surface area contributed by atoms with Crippen molar-refractivity contribution >= 4 is 11.8 Å². The molecule has 3 heterocycles. The Kier molecular flexibility index (Phi) is 7.29. The van der Waals surface area contributed by atoms with Gasteiger partial charge in [-0.25, -0.2) is 4.98 Å². The van der Waals surface area contributed by atoms with Crippen molar-refractivity contribution in [2.45, 2.75) is 39.8 Å². The summed E-state index contributed by atoms with van der Waals surface area (Å²) in [7, 11) is 0. The maximum atomic E-state index is 13.8. The third-order valence-corrected chi connectivity index (χ3v) is 5.82. The van der Waals surface area contributed by atoms with Gasteiger partial charge in [0.05, 0.1) is 18.3 Å². The smallest absolute Gasteiger partial charge is 0.259 e. The minimum Gasteiger partial charge on any atom is -0.491 e. The van der Waals surface area contributed by atoms with Gasteiger partial charge in [0, 0.05) is 38.4 Å². The zero-order chi connectivity index (χ0) is 24.9. The molecule has 8 nitrogen and oxygen atoms in total. The predicted molar refractivity (Wildman–Crippen MR) is 132 cm³/mol. The van der Waals surface area contributed by atoms with Crippen LogP contribution < -0.4 is 9.47 Å².